The van der Waals surface area contributed by atoms with E-state index in [0.717, 1.165) is 6.92 Å². The number of carbonyl (C=O) groups excluding carboxylic acids is 4. The SMILES string of the molecule is CCCC(=O)OC(=O)C(C(C)=O)C(=O)CCC. The monoisotopic (exact) mass is 242 g/mol. The minimum absolute atomic E-state index is 0.0956. The molecular formula is C12H18O5. The van der Waals surface area contributed by atoms with Crippen molar-refractivity contribution in [2.24, 2.45) is 5.92 Å². The number of Topliss-reactive ketones (excluding diaryl/α,β-unsaturated/α-hetero) is 2. The van der Waals surface area contributed by atoms with Crippen LogP contribution in [0.2, 0.25) is 0 Å². The molecule has 5 nitrogen and oxygen atoms in total. The van der Waals surface area contributed by atoms with E-state index in [0.29, 0.717) is 12.8 Å². The van der Waals surface area contributed by atoms with Gasteiger partial charge >= 0.3 is 11.9 Å². The van der Waals surface area contributed by atoms with E-state index in [9.17, 15) is 19.2 Å². The van der Waals surface area contributed by atoms with Crippen LogP contribution >= 0.6 is 0 Å². The highest BCUT2D eigenvalue weighted by molar-refractivity contribution is 6.17. The molecule has 17 heavy (non-hydrogen) atoms. The zero-order valence-corrected chi connectivity index (χ0v) is 10.4. The van der Waals surface area contributed by atoms with E-state index in [1.165, 1.54) is 0 Å². The molecular weight excluding hydrogens is 224 g/mol. The van der Waals surface area contributed by atoms with Crippen molar-refractivity contribution < 1.29 is 23.9 Å². The summed E-state index contributed by atoms with van der Waals surface area (Å²) in [6, 6.07) is 0. The van der Waals surface area contributed by atoms with E-state index >= 15 is 0 Å². The highest BCUT2D eigenvalue weighted by atomic mass is 16.6. The highest BCUT2D eigenvalue weighted by Crippen LogP contribution is 2.09. The fourth-order valence-corrected chi connectivity index (χ4v) is 1.34. The number of hydrogen-bond donors (Lipinski definition) is 0. The van der Waals surface area contributed by atoms with Crippen molar-refractivity contribution in [1.82, 2.24) is 0 Å². The van der Waals surface area contributed by atoms with E-state index in [2.05, 4.69) is 4.74 Å². The Morgan fingerprint density at radius 2 is 1.53 bits per heavy atom. The molecule has 0 aromatic heterocycles. The number of esters is 2. The van der Waals surface area contributed by atoms with Crippen LogP contribution < -0.4 is 0 Å². The van der Waals surface area contributed by atoms with Crippen molar-refractivity contribution in [3.63, 3.8) is 0 Å². The molecule has 0 fully saturated rings. The van der Waals surface area contributed by atoms with Gasteiger partial charge in [-0.25, -0.2) is 0 Å². The molecule has 0 amide bonds. The number of carbonyl (C=O) groups is 4. The number of ether oxygens (including phenoxy) is 1. The first-order valence-corrected chi connectivity index (χ1v) is 5.71. The van der Waals surface area contributed by atoms with E-state index in [1.807, 2.05) is 0 Å². The van der Waals surface area contributed by atoms with Crippen molar-refractivity contribution in [2.75, 3.05) is 0 Å². The van der Waals surface area contributed by atoms with E-state index in [4.69, 9.17) is 0 Å². The summed E-state index contributed by atoms with van der Waals surface area (Å²) in [5.74, 6) is -4.27. The molecule has 0 N–H and O–H groups in total. The highest BCUT2D eigenvalue weighted by Gasteiger charge is 2.32. The molecule has 96 valence electrons. The Morgan fingerprint density at radius 3 is 1.94 bits per heavy atom. The van der Waals surface area contributed by atoms with Crippen LogP contribution in [0.4, 0.5) is 0 Å². The molecule has 0 aliphatic heterocycles. The minimum Gasteiger partial charge on any atom is -0.392 e. The molecule has 0 saturated heterocycles. The van der Waals surface area contributed by atoms with E-state index < -0.39 is 29.4 Å². The lowest BCUT2D eigenvalue weighted by Crippen LogP contribution is -2.33. The van der Waals surface area contributed by atoms with Gasteiger partial charge in [0.2, 0.25) is 0 Å². The van der Waals surface area contributed by atoms with Crippen LogP contribution in [0.25, 0.3) is 0 Å². The summed E-state index contributed by atoms with van der Waals surface area (Å²) < 4.78 is 4.46. The summed E-state index contributed by atoms with van der Waals surface area (Å²) in [5.41, 5.74) is 0. The Hall–Kier alpha value is -1.52. The molecule has 0 saturated carbocycles. The van der Waals surface area contributed by atoms with Crippen LogP contribution in [0.1, 0.15) is 46.5 Å². The normalized spacial score (nSPS) is 11.7. The van der Waals surface area contributed by atoms with Crippen LogP contribution in [0.3, 0.4) is 0 Å². The van der Waals surface area contributed by atoms with Gasteiger partial charge in [0.15, 0.2) is 17.5 Å². The lowest BCUT2D eigenvalue weighted by atomic mass is 9.97. The standard InChI is InChI=1S/C12H18O5/c1-4-6-9(14)11(8(3)13)12(16)17-10(15)7-5-2/h11H,4-7H2,1-3H3. The summed E-state index contributed by atoms with van der Waals surface area (Å²) in [6.45, 7) is 4.67. The molecule has 0 rings (SSSR count). The third kappa shape index (κ3) is 5.38. The van der Waals surface area contributed by atoms with Crippen LogP contribution in [0, 0.1) is 5.92 Å². The average molecular weight is 242 g/mol. The fraction of sp³-hybridized carbons (Fsp3) is 0.667. The maximum absolute atomic E-state index is 11.5. The number of ketones is 2. The van der Waals surface area contributed by atoms with Crippen LogP contribution in [0.15, 0.2) is 0 Å². The summed E-state index contributed by atoms with van der Waals surface area (Å²) in [5, 5.41) is 0. The van der Waals surface area contributed by atoms with Crippen molar-refractivity contribution >= 4 is 23.5 Å². The third-order valence-electron chi connectivity index (χ3n) is 2.13. The summed E-state index contributed by atoms with van der Waals surface area (Å²) >= 11 is 0. The molecule has 1 atom stereocenters. The van der Waals surface area contributed by atoms with Crippen LogP contribution in [-0.2, 0) is 23.9 Å². The Morgan fingerprint density at radius 1 is 1.00 bits per heavy atom. The fourth-order valence-electron chi connectivity index (χ4n) is 1.34. The minimum atomic E-state index is -1.45. The second-order valence-corrected chi connectivity index (χ2v) is 3.80. The number of rotatable bonds is 7. The first kappa shape index (κ1) is 15.5. The van der Waals surface area contributed by atoms with Gasteiger partial charge in [0.05, 0.1) is 0 Å². The molecule has 0 aromatic carbocycles. The molecule has 0 aliphatic carbocycles. The van der Waals surface area contributed by atoms with Gasteiger partial charge in [-0.3, -0.25) is 19.2 Å². The van der Waals surface area contributed by atoms with Crippen LogP contribution in [-0.4, -0.2) is 23.5 Å². The predicted molar refractivity (Wildman–Crippen MR) is 60.1 cm³/mol. The quantitative estimate of drug-likeness (QED) is 0.498. The summed E-state index contributed by atoms with van der Waals surface area (Å²) in [6.07, 6.45) is 1.30. The topological polar surface area (TPSA) is 77.5 Å². The lowest BCUT2D eigenvalue weighted by molar-refractivity contribution is -0.164. The van der Waals surface area contributed by atoms with Crippen molar-refractivity contribution in [2.45, 2.75) is 46.5 Å². The van der Waals surface area contributed by atoms with Crippen molar-refractivity contribution in [1.29, 1.82) is 0 Å². The second kappa shape index (κ2) is 7.70. The third-order valence-corrected chi connectivity index (χ3v) is 2.13. The molecule has 0 aromatic rings. The molecule has 5 heteroatoms. The Labute approximate surface area is 101 Å². The van der Waals surface area contributed by atoms with Gasteiger partial charge in [0.1, 0.15) is 0 Å². The van der Waals surface area contributed by atoms with E-state index in [1.54, 1.807) is 13.8 Å². The van der Waals surface area contributed by atoms with Gasteiger partial charge in [-0.15, -0.1) is 0 Å². The van der Waals surface area contributed by atoms with E-state index in [-0.39, 0.29) is 12.8 Å². The largest absolute Gasteiger partial charge is 0.392 e. The Balaban J connectivity index is 4.61. The summed E-state index contributed by atoms with van der Waals surface area (Å²) in [7, 11) is 0. The summed E-state index contributed by atoms with van der Waals surface area (Å²) in [4.78, 5) is 45.3. The Kier molecular flexibility index (Phi) is 7.02. The first-order chi connectivity index (χ1) is 7.93. The van der Waals surface area contributed by atoms with Gasteiger partial charge in [0, 0.05) is 12.8 Å². The maximum Gasteiger partial charge on any atom is 0.331 e. The molecule has 0 radical (unpaired) electrons. The lowest BCUT2D eigenvalue weighted by Gasteiger charge is -2.10. The smallest absolute Gasteiger partial charge is 0.331 e. The molecule has 1 unspecified atom stereocenters. The van der Waals surface area contributed by atoms with Crippen molar-refractivity contribution in [3.05, 3.63) is 0 Å². The molecule has 0 bridgehead atoms. The second-order valence-electron chi connectivity index (χ2n) is 3.80. The van der Waals surface area contributed by atoms with Crippen molar-refractivity contribution in [3.8, 4) is 0 Å². The zero-order valence-electron chi connectivity index (χ0n) is 10.4. The first-order valence-electron chi connectivity index (χ1n) is 5.71. The molecule has 0 spiro atoms. The van der Waals surface area contributed by atoms with Gasteiger partial charge in [0.25, 0.3) is 0 Å². The molecule has 0 heterocycles. The van der Waals surface area contributed by atoms with Gasteiger partial charge < -0.3 is 4.74 Å². The van der Waals surface area contributed by atoms with Gasteiger partial charge in [-0.05, 0) is 19.8 Å². The Bertz CT molecular complexity index is 319. The van der Waals surface area contributed by atoms with Gasteiger partial charge in [-0.1, -0.05) is 13.8 Å². The maximum atomic E-state index is 11.5. The van der Waals surface area contributed by atoms with Gasteiger partial charge in [-0.2, -0.15) is 0 Å². The van der Waals surface area contributed by atoms with Crippen LogP contribution in [0.5, 0.6) is 0 Å². The molecule has 0 aliphatic rings. The zero-order chi connectivity index (χ0) is 13.4. The average Bonchev–Trinajstić information content (AvgIpc) is 2.17. The predicted octanol–water partition coefficient (Wildman–Crippen LogP) is 1.43. The number of hydrogen-bond acceptors (Lipinski definition) is 5.